The summed E-state index contributed by atoms with van der Waals surface area (Å²) in [6.45, 7) is 10.3. The van der Waals surface area contributed by atoms with Crippen LogP contribution in [-0.2, 0) is 9.59 Å². The number of carbonyl (C=O) groups excluding carboxylic acids is 2. The molecule has 1 atom stereocenters. The van der Waals surface area contributed by atoms with Gasteiger partial charge in [0, 0.05) is 45.7 Å². The van der Waals surface area contributed by atoms with Gasteiger partial charge < -0.3 is 9.80 Å². The van der Waals surface area contributed by atoms with Crippen LogP contribution in [0.1, 0.15) is 65.7 Å². The minimum atomic E-state index is 0.0134. The molecule has 0 aromatic carbocycles. The summed E-state index contributed by atoms with van der Waals surface area (Å²) >= 11 is 0. The summed E-state index contributed by atoms with van der Waals surface area (Å²) in [5, 5.41) is 0. The van der Waals surface area contributed by atoms with Crippen molar-refractivity contribution in [2.45, 2.75) is 71.8 Å². The van der Waals surface area contributed by atoms with Crippen molar-refractivity contribution in [2.75, 3.05) is 39.8 Å². The van der Waals surface area contributed by atoms with E-state index < -0.39 is 0 Å². The summed E-state index contributed by atoms with van der Waals surface area (Å²) in [7, 11) is 1.95. The lowest BCUT2D eigenvalue weighted by Crippen LogP contribution is -2.58. The topological polar surface area (TPSA) is 43.9 Å². The van der Waals surface area contributed by atoms with Gasteiger partial charge in [0.15, 0.2) is 0 Å². The molecule has 1 saturated heterocycles. The average molecular weight is 366 g/mol. The molecule has 150 valence electrons. The molecule has 0 spiro atoms. The minimum absolute atomic E-state index is 0.0134. The van der Waals surface area contributed by atoms with Crippen molar-refractivity contribution in [3.05, 3.63) is 0 Å². The highest BCUT2D eigenvalue weighted by Crippen LogP contribution is 2.32. The molecule has 1 saturated carbocycles. The van der Waals surface area contributed by atoms with Crippen LogP contribution in [0.5, 0.6) is 0 Å². The summed E-state index contributed by atoms with van der Waals surface area (Å²) in [4.78, 5) is 32.1. The standard InChI is InChI=1S/C21H39N3O2/c1-5-12-22(4)21(26)19(18-10-8-9-11-18)23-13-15-24(16-14-23)20(25)17(6-2)7-3/h17-19H,5-16H2,1-4H3. The van der Waals surface area contributed by atoms with Gasteiger partial charge in [-0.3, -0.25) is 14.5 Å². The van der Waals surface area contributed by atoms with Crippen molar-refractivity contribution < 1.29 is 9.59 Å². The zero-order valence-corrected chi connectivity index (χ0v) is 17.4. The quantitative estimate of drug-likeness (QED) is 0.664. The van der Waals surface area contributed by atoms with Crippen molar-refractivity contribution in [2.24, 2.45) is 11.8 Å². The smallest absolute Gasteiger partial charge is 0.239 e. The monoisotopic (exact) mass is 365 g/mol. The van der Waals surface area contributed by atoms with Crippen molar-refractivity contribution in [1.82, 2.24) is 14.7 Å². The Morgan fingerprint density at radius 3 is 2.08 bits per heavy atom. The van der Waals surface area contributed by atoms with Gasteiger partial charge in [-0.1, -0.05) is 33.6 Å². The van der Waals surface area contributed by atoms with Crippen molar-refractivity contribution in [3.63, 3.8) is 0 Å². The van der Waals surface area contributed by atoms with E-state index in [-0.39, 0.29) is 12.0 Å². The zero-order chi connectivity index (χ0) is 19.1. The van der Waals surface area contributed by atoms with Gasteiger partial charge >= 0.3 is 0 Å². The largest absolute Gasteiger partial charge is 0.344 e. The zero-order valence-electron chi connectivity index (χ0n) is 17.4. The summed E-state index contributed by atoms with van der Waals surface area (Å²) in [6, 6.07) is 0.0134. The Morgan fingerprint density at radius 1 is 1.00 bits per heavy atom. The van der Waals surface area contributed by atoms with Crippen LogP contribution in [0, 0.1) is 11.8 Å². The molecule has 0 radical (unpaired) electrons. The molecule has 2 amide bonds. The number of likely N-dealkylation sites (N-methyl/N-ethyl adjacent to an activating group) is 1. The predicted octanol–water partition coefficient (Wildman–Crippen LogP) is 2.99. The Hall–Kier alpha value is -1.10. The second-order valence-corrected chi connectivity index (χ2v) is 8.12. The third-order valence-corrected chi connectivity index (χ3v) is 6.39. The third-order valence-electron chi connectivity index (χ3n) is 6.39. The van der Waals surface area contributed by atoms with Gasteiger partial charge in [-0.05, 0) is 38.0 Å². The molecule has 1 aliphatic carbocycles. The maximum atomic E-state index is 13.1. The third kappa shape index (κ3) is 4.99. The molecule has 2 rings (SSSR count). The SMILES string of the molecule is CCCN(C)C(=O)C(C1CCCC1)N1CCN(C(=O)C(CC)CC)CC1. The van der Waals surface area contributed by atoms with E-state index in [0.717, 1.165) is 52.0 Å². The Bertz CT molecular complexity index is 450. The van der Waals surface area contributed by atoms with Crippen LogP contribution >= 0.6 is 0 Å². The molecule has 0 aromatic heterocycles. The Labute approximate surface area is 160 Å². The number of nitrogens with zero attached hydrogens (tertiary/aromatic N) is 3. The summed E-state index contributed by atoms with van der Waals surface area (Å²) in [6.07, 6.45) is 7.67. The first kappa shape index (κ1) is 21.2. The second-order valence-electron chi connectivity index (χ2n) is 8.12. The molecular formula is C21H39N3O2. The van der Waals surface area contributed by atoms with Crippen LogP contribution in [0.3, 0.4) is 0 Å². The molecule has 5 heteroatoms. The number of hydrogen-bond donors (Lipinski definition) is 0. The van der Waals surface area contributed by atoms with E-state index in [1.807, 2.05) is 16.8 Å². The van der Waals surface area contributed by atoms with Gasteiger partial charge in [0.05, 0.1) is 6.04 Å². The van der Waals surface area contributed by atoms with Gasteiger partial charge in [0.2, 0.25) is 11.8 Å². The van der Waals surface area contributed by atoms with Gasteiger partial charge in [-0.15, -0.1) is 0 Å². The van der Waals surface area contributed by atoms with Crippen LogP contribution in [0.25, 0.3) is 0 Å². The highest BCUT2D eigenvalue weighted by atomic mass is 16.2. The number of amides is 2. The van der Waals surface area contributed by atoms with Crippen molar-refractivity contribution in [1.29, 1.82) is 0 Å². The number of hydrogen-bond acceptors (Lipinski definition) is 3. The summed E-state index contributed by atoms with van der Waals surface area (Å²) < 4.78 is 0. The molecule has 0 N–H and O–H groups in total. The molecule has 2 fully saturated rings. The van der Waals surface area contributed by atoms with E-state index in [2.05, 4.69) is 25.7 Å². The van der Waals surface area contributed by atoms with Gasteiger partial charge in [0.1, 0.15) is 0 Å². The highest BCUT2D eigenvalue weighted by molar-refractivity contribution is 5.82. The van der Waals surface area contributed by atoms with Gasteiger partial charge in [-0.25, -0.2) is 0 Å². The highest BCUT2D eigenvalue weighted by Gasteiger charge is 2.38. The Kier molecular flexibility index (Phi) is 8.39. The van der Waals surface area contributed by atoms with Crippen LogP contribution in [0.4, 0.5) is 0 Å². The molecule has 1 aliphatic heterocycles. The van der Waals surface area contributed by atoms with E-state index >= 15 is 0 Å². The average Bonchev–Trinajstić information content (AvgIpc) is 3.17. The van der Waals surface area contributed by atoms with E-state index in [0.29, 0.717) is 17.7 Å². The van der Waals surface area contributed by atoms with Crippen LogP contribution in [-0.4, -0.2) is 72.3 Å². The molecular weight excluding hydrogens is 326 g/mol. The molecule has 5 nitrogen and oxygen atoms in total. The number of piperazine rings is 1. The van der Waals surface area contributed by atoms with Crippen molar-refractivity contribution >= 4 is 11.8 Å². The molecule has 1 heterocycles. The van der Waals surface area contributed by atoms with E-state index in [1.54, 1.807) is 0 Å². The number of carbonyl (C=O) groups is 2. The lowest BCUT2D eigenvalue weighted by atomic mass is 9.94. The van der Waals surface area contributed by atoms with E-state index in [9.17, 15) is 9.59 Å². The van der Waals surface area contributed by atoms with Crippen LogP contribution in [0.2, 0.25) is 0 Å². The van der Waals surface area contributed by atoms with Crippen LogP contribution < -0.4 is 0 Å². The first-order valence-corrected chi connectivity index (χ1v) is 10.8. The molecule has 1 unspecified atom stereocenters. The fourth-order valence-electron chi connectivity index (χ4n) is 4.72. The van der Waals surface area contributed by atoms with Crippen molar-refractivity contribution in [3.8, 4) is 0 Å². The first-order chi connectivity index (χ1) is 12.5. The fraction of sp³-hybridized carbons (Fsp3) is 0.905. The van der Waals surface area contributed by atoms with E-state index in [4.69, 9.17) is 0 Å². The first-order valence-electron chi connectivity index (χ1n) is 10.8. The maximum Gasteiger partial charge on any atom is 0.239 e. The normalized spacial score (nSPS) is 20.6. The molecule has 26 heavy (non-hydrogen) atoms. The lowest BCUT2D eigenvalue weighted by Gasteiger charge is -2.42. The predicted molar refractivity (Wildman–Crippen MR) is 106 cm³/mol. The Morgan fingerprint density at radius 2 is 1.58 bits per heavy atom. The summed E-state index contributed by atoms with van der Waals surface area (Å²) in [5.74, 6) is 1.24. The second kappa shape index (κ2) is 10.3. The minimum Gasteiger partial charge on any atom is -0.344 e. The number of rotatable bonds is 8. The lowest BCUT2D eigenvalue weighted by molar-refractivity contribution is -0.142. The molecule has 0 aromatic rings. The van der Waals surface area contributed by atoms with Gasteiger partial charge in [-0.2, -0.15) is 0 Å². The molecule has 2 aliphatic rings. The van der Waals surface area contributed by atoms with Gasteiger partial charge in [0.25, 0.3) is 0 Å². The fourth-order valence-corrected chi connectivity index (χ4v) is 4.72. The van der Waals surface area contributed by atoms with E-state index in [1.165, 1.54) is 25.7 Å². The summed E-state index contributed by atoms with van der Waals surface area (Å²) in [5.41, 5.74) is 0. The maximum absolute atomic E-state index is 13.1. The van der Waals surface area contributed by atoms with Crippen LogP contribution in [0.15, 0.2) is 0 Å². The molecule has 0 bridgehead atoms. The Balaban J connectivity index is 2.01.